The van der Waals surface area contributed by atoms with Crippen molar-refractivity contribution < 1.29 is 4.79 Å². The average molecular weight is 218 g/mol. The van der Waals surface area contributed by atoms with Crippen molar-refractivity contribution in [2.75, 3.05) is 18.0 Å². The summed E-state index contributed by atoms with van der Waals surface area (Å²) in [6.07, 6.45) is 2.68. The van der Waals surface area contributed by atoms with Gasteiger partial charge >= 0.3 is 0 Å². The van der Waals surface area contributed by atoms with E-state index in [0.29, 0.717) is 12.3 Å². The van der Waals surface area contributed by atoms with Gasteiger partial charge in [-0.2, -0.15) is 0 Å². The molecule has 0 radical (unpaired) electrons. The third-order valence-corrected chi connectivity index (χ3v) is 3.23. The molecule has 2 rings (SSSR count). The maximum atomic E-state index is 10.8. The number of rotatable bonds is 3. The van der Waals surface area contributed by atoms with E-state index in [9.17, 15) is 4.79 Å². The summed E-state index contributed by atoms with van der Waals surface area (Å²) in [5.74, 6) is 0.315. The van der Waals surface area contributed by atoms with Crippen LogP contribution in [0.1, 0.15) is 19.3 Å². The molecule has 0 spiro atoms. The fraction of sp³-hybridized carbons (Fsp3) is 0.462. The summed E-state index contributed by atoms with van der Waals surface area (Å²) in [6.45, 7) is 2.06. The first-order valence-electron chi connectivity index (χ1n) is 5.84. The highest BCUT2D eigenvalue weighted by Crippen LogP contribution is 2.24. The van der Waals surface area contributed by atoms with Gasteiger partial charge in [0.2, 0.25) is 5.91 Å². The van der Waals surface area contributed by atoms with Crippen LogP contribution in [0.25, 0.3) is 0 Å². The van der Waals surface area contributed by atoms with E-state index in [1.807, 2.05) is 6.07 Å². The monoisotopic (exact) mass is 218 g/mol. The number of piperidine rings is 1. The van der Waals surface area contributed by atoms with Gasteiger partial charge in [-0.3, -0.25) is 4.79 Å². The van der Waals surface area contributed by atoms with Crippen LogP contribution in [-0.4, -0.2) is 19.0 Å². The number of nitrogens with two attached hydrogens (primary N) is 1. The third-order valence-electron chi connectivity index (χ3n) is 3.23. The van der Waals surface area contributed by atoms with Gasteiger partial charge in [0.25, 0.3) is 0 Å². The molecule has 1 aliphatic rings. The number of carbonyl (C=O) groups is 1. The first kappa shape index (κ1) is 11.0. The van der Waals surface area contributed by atoms with Gasteiger partial charge in [-0.1, -0.05) is 18.2 Å². The molecule has 0 saturated carbocycles. The lowest BCUT2D eigenvalue weighted by atomic mass is 9.93. The van der Waals surface area contributed by atoms with E-state index in [1.165, 1.54) is 5.69 Å². The number of amides is 1. The number of primary amides is 1. The Morgan fingerprint density at radius 3 is 2.44 bits per heavy atom. The van der Waals surface area contributed by atoms with Crippen molar-refractivity contribution in [2.24, 2.45) is 11.7 Å². The van der Waals surface area contributed by atoms with E-state index < -0.39 is 0 Å². The molecule has 3 heteroatoms. The molecule has 0 aliphatic carbocycles. The van der Waals surface area contributed by atoms with E-state index >= 15 is 0 Å². The summed E-state index contributed by atoms with van der Waals surface area (Å²) >= 11 is 0. The molecule has 1 heterocycles. The number of benzene rings is 1. The highest BCUT2D eigenvalue weighted by atomic mass is 16.1. The minimum Gasteiger partial charge on any atom is -0.372 e. The predicted molar refractivity (Wildman–Crippen MR) is 65.2 cm³/mol. The second-order valence-electron chi connectivity index (χ2n) is 4.44. The van der Waals surface area contributed by atoms with Gasteiger partial charge < -0.3 is 10.6 Å². The average Bonchev–Trinajstić information content (AvgIpc) is 2.30. The predicted octanol–water partition coefficient (Wildman–Crippen LogP) is 1.78. The van der Waals surface area contributed by atoms with Gasteiger partial charge in [0.05, 0.1) is 0 Å². The quantitative estimate of drug-likeness (QED) is 0.840. The van der Waals surface area contributed by atoms with E-state index in [1.54, 1.807) is 0 Å². The molecule has 3 nitrogen and oxygen atoms in total. The standard InChI is InChI=1S/C13H18N2O/c14-13(16)10-11-6-8-15(9-7-11)12-4-2-1-3-5-12/h1-5,11H,6-10H2,(H2,14,16). The molecule has 1 aliphatic heterocycles. The lowest BCUT2D eigenvalue weighted by molar-refractivity contribution is -0.119. The fourth-order valence-corrected chi connectivity index (χ4v) is 2.32. The second kappa shape index (κ2) is 5.01. The van der Waals surface area contributed by atoms with Crippen molar-refractivity contribution in [3.8, 4) is 0 Å². The van der Waals surface area contributed by atoms with E-state index in [-0.39, 0.29) is 5.91 Å². The Hall–Kier alpha value is -1.51. The van der Waals surface area contributed by atoms with E-state index in [2.05, 4.69) is 29.2 Å². The number of hydrogen-bond donors (Lipinski definition) is 1. The van der Waals surface area contributed by atoms with Crippen LogP contribution in [0.15, 0.2) is 30.3 Å². The summed E-state index contributed by atoms with van der Waals surface area (Å²) in [6, 6.07) is 10.4. The van der Waals surface area contributed by atoms with Gasteiger partial charge in [-0.25, -0.2) is 0 Å². The normalized spacial score (nSPS) is 17.4. The lowest BCUT2D eigenvalue weighted by Crippen LogP contribution is -2.34. The maximum absolute atomic E-state index is 10.8. The molecule has 1 aromatic carbocycles. The lowest BCUT2D eigenvalue weighted by Gasteiger charge is -2.33. The smallest absolute Gasteiger partial charge is 0.217 e. The van der Waals surface area contributed by atoms with Crippen LogP contribution in [-0.2, 0) is 4.79 Å². The summed E-state index contributed by atoms with van der Waals surface area (Å²) in [7, 11) is 0. The zero-order valence-electron chi connectivity index (χ0n) is 9.43. The first-order chi connectivity index (χ1) is 7.75. The van der Waals surface area contributed by atoms with Crippen LogP contribution in [0.5, 0.6) is 0 Å². The van der Waals surface area contributed by atoms with Crippen molar-refractivity contribution in [1.82, 2.24) is 0 Å². The maximum Gasteiger partial charge on any atom is 0.217 e. The fourth-order valence-electron chi connectivity index (χ4n) is 2.32. The summed E-state index contributed by atoms with van der Waals surface area (Å²) in [4.78, 5) is 13.2. The minimum absolute atomic E-state index is 0.168. The molecule has 1 saturated heterocycles. The molecule has 0 unspecified atom stereocenters. The molecular formula is C13H18N2O. The molecule has 0 aromatic heterocycles. The number of hydrogen-bond acceptors (Lipinski definition) is 2. The van der Waals surface area contributed by atoms with Crippen molar-refractivity contribution in [1.29, 1.82) is 0 Å². The number of nitrogens with zero attached hydrogens (tertiary/aromatic N) is 1. The zero-order chi connectivity index (χ0) is 11.4. The first-order valence-corrected chi connectivity index (χ1v) is 5.84. The molecule has 1 amide bonds. The van der Waals surface area contributed by atoms with Crippen LogP contribution in [0.4, 0.5) is 5.69 Å². The summed E-state index contributed by atoms with van der Waals surface area (Å²) in [5, 5.41) is 0. The van der Waals surface area contributed by atoms with Crippen LogP contribution in [0.2, 0.25) is 0 Å². The molecule has 0 bridgehead atoms. The van der Waals surface area contributed by atoms with Crippen LogP contribution < -0.4 is 10.6 Å². The van der Waals surface area contributed by atoms with Crippen LogP contribution in [0, 0.1) is 5.92 Å². The molecule has 1 fully saturated rings. The highest BCUT2D eigenvalue weighted by Gasteiger charge is 2.20. The van der Waals surface area contributed by atoms with Gasteiger partial charge in [-0.15, -0.1) is 0 Å². The second-order valence-corrected chi connectivity index (χ2v) is 4.44. The van der Waals surface area contributed by atoms with Crippen molar-refractivity contribution in [3.05, 3.63) is 30.3 Å². The van der Waals surface area contributed by atoms with Gasteiger partial charge in [0.15, 0.2) is 0 Å². The molecule has 1 aromatic rings. The molecule has 0 atom stereocenters. The SMILES string of the molecule is NC(=O)CC1CCN(c2ccccc2)CC1. The van der Waals surface area contributed by atoms with Gasteiger partial charge in [0.1, 0.15) is 0 Å². The Balaban J connectivity index is 1.88. The Labute approximate surface area is 96.2 Å². The topological polar surface area (TPSA) is 46.3 Å². The summed E-state index contributed by atoms with van der Waals surface area (Å²) < 4.78 is 0. The van der Waals surface area contributed by atoms with Crippen LogP contribution >= 0.6 is 0 Å². The molecule has 16 heavy (non-hydrogen) atoms. The van der Waals surface area contributed by atoms with Crippen molar-refractivity contribution in [3.63, 3.8) is 0 Å². The van der Waals surface area contributed by atoms with Crippen LogP contribution in [0.3, 0.4) is 0 Å². The highest BCUT2D eigenvalue weighted by molar-refractivity contribution is 5.74. The number of carbonyl (C=O) groups excluding carboxylic acids is 1. The van der Waals surface area contributed by atoms with Gasteiger partial charge in [-0.05, 0) is 30.9 Å². The molecule has 2 N–H and O–H groups in total. The zero-order valence-corrected chi connectivity index (χ0v) is 9.43. The number of para-hydroxylation sites is 1. The van der Waals surface area contributed by atoms with E-state index in [0.717, 1.165) is 25.9 Å². The minimum atomic E-state index is -0.168. The Morgan fingerprint density at radius 1 is 1.25 bits per heavy atom. The largest absolute Gasteiger partial charge is 0.372 e. The third kappa shape index (κ3) is 2.75. The number of anilines is 1. The van der Waals surface area contributed by atoms with Crippen molar-refractivity contribution in [2.45, 2.75) is 19.3 Å². The summed E-state index contributed by atoms with van der Waals surface area (Å²) in [5.41, 5.74) is 6.49. The van der Waals surface area contributed by atoms with Crippen molar-refractivity contribution >= 4 is 11.6 Å². The molecule has 86 valence electrons. The Bertz CT molecular complexity index is 342. The Kier molecular flexibility index (Phi) is 3.44. The van der Waals surface area contributed by atoms with E-state index in [4.69, 9.17) is 5.73 Å². The Morgan fingerprint density at radius 2 is 1.88 bits per heavy atom. The van der Waals surface area contributed by atoms with Gasteiger partial charge in [0, 0.05) is 25.2 Å². The molecular weight excluding hydrogens is 200 g/mol.